The minimum atomic E-state index is -3.60. The zero-order valence-electron chi connectivity index (χ0n) is 19.6. The second-order valence-corrected chi connectivity index (χ2v) is 10.9. The molecule has 178 valence electrons. The average Bonchev–Trinajstić information content (AvgIpc) is 3.23. The summed E-state index contributed by atoms with van der Waals surface area (Å²) in [5, 5.41) is 0.606. The van der Waals surface area contributed by atoms with E-state index in [9.17, 15) is 13.2 Å². The van der Waals surface area contributed by atoms with Gasteiger partial charge in [0.25, 0.3) is 0 Å². The van der Waals surface area contributed by atoms with Crippen molar-refractivity contribution >= 4 is 42.4 Å². The highest BCUT2D eigenvalue weighted by molar-refractivity contribution is 7.91. The van der Waals surface area contributed by atoms with Crippen LogP contribution in [0, 0.1) is 6.92 Å². The van der Waals surface area contributed by atoms with E-state index in [4.69, 9.17) is 4.74 Å². The first kappa shape index (κ1) is 25.1. The van der Waals surface area contributed by atoms with Crippen LogP contribution in [0.5, 0.6) is 5.75 Å². The van der Waals surface area contributed by atoms with Crippen LogP contribution >= 0.6 is 11.3 Å². The van der Waals surface area contributed by atoms with Gasteiger partial charge < -0.3 is 9.64 Å². The molecule has 3 aromatic rings. The number of nitrogens with zero attached hydrogens (tertiary/aromatic N) is 3. The van der Waals surface area contributed by atoms with E-state index in [-0.39, 0.29) is 23.0 Å². The largest absolute Gasteiger partial charge is 0.497 e. The molecular weight excluding hydrogens is 458 g/mol. The Bertz CT molecular complexity index is 1190. The van der Waals surface area contributed by atoms with E-state index in [1.807, 2.05) is 19.1 Å². The number of benzene rings is 2. The Morgan fingerprint density at radius 1 is 1.06 bits per heavy atom. The Hall–Kier alpha value is -2.49. The van der Waals surface area contributed by atoms with Gasteiger partial charge in [0.2, 0.25) is 5.91 Å². The topological polar surface area (TPSA) is 79.8 Å². The van der Waals surface area contributed by atoms with Gasteiger partial charge in [-0.1, -0.05) is 31.3 Å². The number of hydrogen-bond acceptors (Lipinski definition) is 7. The molecule has 0 spiro atoms. The number of fused-ring (bicyclic) bond motifs is 1. The Labute approximate surface area is 199 Å². The van der Waals surface area contributed by atoms with Crippen LogP contribution in [0.4, 0.5) is 5.13 Å². The van der Waals surface area contributed by atoms with E-state index >= 15 is 0 Å². The van der Waals surface area contributed by atoms with Crippen molar-refractivity contribution in [2.24, 2.45) is 0 Å². The van der Waals surface area contributed by atoms with Crippen LogP contribution in [0.1, 0.15) is 25.8 Å². The number of hydrogen-bond donors (Lipinski definition) is 0. The molecule has 2 aromatic carbocycles. The summed E-state index contributed by atoms with van der Waals surface area (Å²) in [4.78, 5) is 22.0. The van der Waals surface area contributed by atoms with Gasteiger partial charge in [0.1, 0.15) is 5.75 Å². The third kappa shape index (κ3) is 6.31. The fourth-order valence-corrected chi connectivity index (χ4v) is 5.84. The summed E-state index contributed by atoms with van der Waals surface area (Å²) < 4.78 is 31.7. The van der Waals surface area contributed by atoms with Gasteiger partial charge in [-0.25, -0.2) is 13.4 Å². The predicted octanol–water partition coefficient (Wildman–Crippen LogP) is 4.15. The number of rotatable bonds is 11. The van der Waals surface area contributed by atoms with Gasteiger partial charge in [-0.2, -0.15) is 0 Å². The zero-order chi connectivity index (χ0) is 24.0. The molecule has 7 nitrogen and oxygen atoms in total. The SMILES string of the molecule is CCN(CC)CCN(C(=O)CCS(=O)(=O)c1ccc(OC)cc1)c1nc2ccc(C)cc2s1. The molecule has 0 bridgehead atoms. The summed E-state index contributed by atoms with van der Waals surface area (Å²) in [6.45, 7) is 9.09. The van der Waals surface area contributed by atoms with E-state index in [1.165, 1.54) is 30.6 Å². The van der Waals surface area contributed by atoms with Crippen LogP contribution in [0.25, 0.3) is 10.2 Å². The molecule has 0 saturated heterocycles. The lowest BCUT2D eigenvalue weighted by Crippen LogP contribution is -2.39. The summed E-state index contributed by atoms with van der Waals surface area (Å²) in [7, 11) is -2.07. The van der Waals surface area contributed by atoms with Crippen LogP contribution in [0.3, 0.4) is 0 Å². The summed E-state index contributed by atoms with van der Waals surface area (Å²) >= 11 is 1.46. The van der Waals surface area contributed by atoms with Crippen LogP contribution in [0.15, 0.2) is 47.4 Å². The number of aryl methyl sites for hydroxylation is 1. The maximum Gasteiger partial charge on any atom is 0.229 e. The molecule has 0 atom stereocenters. The highest BCUT2D eigenvalue weighted by atomic mass is 32.2. The van der Waals surface area contributed by atoms with Crippen molar-refractivity contribution in [3.05, 3.63) is 48.0 Å². The lowest BCUT2D eigenvalue weighted by molar-refractivity contribution is -0.118. The van der Waals surface area contributed by atoms with Crippen LogP contribution < -0.4 is 9.64 Å². The van der Waals surface area contributed by atoms with Gasteiger partial charge in [0.05, 0.1) is 28.0 Å². The molecule has 33 heavy (non-hydrogen) atoms. The smallest absolute Gasteiger partial charge is 0.229 e. The molecule has 0 aliphatic heterocycles. The molecule has 1 heterocycles. The molecular formula is C24H31N3O4S2. The molecule has 9 heteroatoms. The van der Waals surface area contributed by atoms with Crippen molar-refractivity contribution in [3.8, 4) is 5.75 Å². The lowest BCUT2D eigenvalue weighted by Gasteiger charge is -2.24. The first-order valence-electron chi connectivity index (χ1n) is 11.0. The normalized spacial score (nSPS) is 11.8. The standard InChI is InChI=1S/C24H31N3O4S2/c1-5-26(6-2)14-15-27(24-25-21-12-7-18(3)17-22(21)32-24)23(28)13-16-33(29,30)20-10-8-19(31-4)9-11-20/h7-12,17H,5-6,13-16H2,1-4H3. The highest BCUT2D eigenvalue weighted by Gasteiger charge is 2.23. The minimum Gasteiger partial charge on any atom is -0.497 e. The number of likely N-dealkylation sites (N-methyl/N-ethyl adjacent to an activating group) is 1. The second-order valence-electron chi connectivity index (χ2n) is 7.78. The number of methoxy groups -OCH3 is 1. The Balaban J connectivity index is 1.80. The van der Waals surface area contributed by atoms with E-state index < -0.39 is 9.84 Å². The van der Waals surface area contributed by atoms with Gasteiger partial charge in [-0.3, -0.25) is 9.69 Å². The number of carbonyl (C=O) groups is 1. The zero-order valence-corrected chi connectivity index (χ0v) is 21.2. The molecule has 0 radical (unpaired) electrons. The molecule has 0 saturated carbocycles. The predicted molar refractivity (Wildman–Crippen MR) is 134 cm³/mol. The van der Waals surface area contributed by atoms with Gasteiger partial charge in [0, 0.05) is 19.5 Å². The van der Waals surface area contributed by atoms with Crippen LogP contribution in [-0.4, -0.2) is 63.3 Å². The Kier molecular flexibility index (Phi) is 8.45. The number of amides is 1. The second kappa shape index (κ2) is 11.1. The number of aromatic nitrogens is 1. The van der Waals surface area contributed by atoms with Gasteiger partial charge >= 0.3 is 0 Å². The van der Waals surface area contributed by atoms with Gasteiger partial charge in [0.15, 0.2) is 15.0 Å². The van der Waals surface area contributed by atoms with Crippen LogP contribution in [0.2, 0.25) is 0 Å². The third-order valence-corrected chi connectivity index (χ3v) is 8.38. The van der Waals surface area contributed by atoms with Crippen molar-refractivity contribution < 1.29 is 17.9 Å². The molecule has 1 aromatic heterocycles. The first-order chi connectivity index (χ1) is 15.8. The molecule has 3 rings (SSSR count). The average molecular weight is 490 g/mol. The molecule has 1 amide bonds. The van der Waals surface area contributed by atoms with Crippen molar-refractivity contribution in [2.75, 3.05) is 43.9 Å². The Morgan fingerprint density at radius 3 is 2.39 bits per heavy atom. The molecule has 0 unspecified atom stereocenters. The number of sulfone groups is 1. The van der Waals surface area contributed by atoms with Crippen molar-refractivity contribution in [2.45, 2.75) is 32.1 Å². The highest BCUT2D eigenvalue weighted by Crippen LogP contribution is 2.30. The number of anilines is 1. The van der Waals surface area contributed by atoms with E-state index in [0.717, 1.165) is 28.9 Å². The summed E-state index contributed by atoms with van der Waals surface area (Å²) in [5.41, 5.74) is 1.97. The van der Waals surface area contributed by atoms with Crippen molar-refractivity contribution in [3.63, 3.8) is 0 Å². The number of carbonyl (C=O) groups excluding carboxylic acids is 1. The van der Waals surface area contributed by atoms with Crippen molar-refractivity contribution in [1.29, 1.82) is 0 Å². The van der Waals surface area contributed by atoms with Gasteiger partial charge in [-0.15, -0.1) is 0 Å². The minimum absolute atomic E-state index is 0.110. The molecule has 0 fully saturated rings. The maximum atomic E-state index is 13.2. The summed E-state index contributed by atoms with van der Waals surface area (Å²) in [6, 6.07) is 12.2. The quantitative estimate of drug-likeness (QED) is 0.403. The van der Waals surface area contributed by atoms with Crippen LogP contribution in [-0.2, 0) is 14.6 Å². The fourth-order valence-electron chi connectivity index (χ4n) is 3.50. The van der Waals surface area contributed by atoms with E-state index in [0.29, 0.717) is 24.0 Å². The lowest BCUT2D eigenvalue weighted by atomic mass is 10.2. The van der Waals surface area contributed by atoms with E-state index in [2.05, 4.69) is 29.8 Å². The van der Waals surface area contributed by atoms with Crippen molar-refractivity contribution in [1.82, 2.24) is 9.88 Å². The van der Waals surface area contributed by atoms with Gasteiger partial charge in [-0.05, 0) is 62.0 Å². The summed E-state index contributed by atoms with van der Waals surface area (Å²) in [6.07, 6.45) is -0.110. The first-order valence-corrected chi connectivity index (χ1v) is 13.5. The number of thiazole rings is 1. The summed E-state index contributed by atoms with van der Waals surface area (Å²) in [5.74, 6) is 0.0814. The Morgan fingerprint density at radius 2 is 1.76 bits per heavy atom. The molecule has 0 N–H and O–H groups in total. The fraction of sp³-hybridized carbons (Fsp3) is 0.417. The third-order valence-electron chi connectivity index (χ3n) is 5.60. The van der Waals surface area contributed by atoms with E-state index in [1.54, 1.807) is 17.0 Å². The molecule has 0 aliphatic rings. The monoisotopic (exact) mass is 489 g/mol. The number of ether oxygens (including phenoxy) is 1. The maximum absolute atomic E-state index is 13.2. The molecule has 0 aliphatic carbocycles.